The van der Waals surface area contributed by atoms with Crippen molar-refractivity contribution in [3.8, 4) is 0 Å². The van der Waals surface area contributed by atoms with Crippen molar-refractivity contribution in [2.75, 3.05) is 12.3 Å². The van der Waals surface area contributed by atoms with E-state index in [1.807, 2.05) is 30.3 Å². The maximum absolute atomic E-state index is 11.9. The normalized spacial score (nSPS) is 19.9. The van der Waals surface area contributed by atoms with Crippen LogP contribution in [0.15, 0.2) is 35.3 Å². The Hall–Kier alpha value is -1.33. The van der Waals surface area contributed by atoms with Gasteiger partial charge in [0.1, 0.15) is 6.04 Å². The van der Waals surface area contributed by atoms with Crippen LogP contribution in [0.25, 0.3) is 0 Å². The summed E-state index contributed by atoms with van der Waals surface area (Å²) in [5.74, 6) is 0.629. The molecule has 102 valence electrons. The number of nitrogens with one attached hydrogen (secondary N) is 1. The van der Waals surface area contributed by atoms with Crippen molar-refractivity contribution >= 4 is 22.7 Å². The maximum atomic E-state index is 11.9. The van der Waals surface area contributed by atoms with Gasteiger partial charge in [-0.1, -0.05) is 30.3 Å². The Balaban J connectivity index is 1.90. The molecule has 2 atom stereocenters. The molecule has 5 heteroatoms. The lowest BCUT2D eigenvalue weighted by molar-refractivity contribution is -0.121. The lowest BCUT2D eigenvalue weighted by atomic mass is 10.2. The first-order valence-electron chi connectivity index (χ1n) is 6.38. The van der Waals surface area contributed by atoms with Crippen LogP contribution >= 0.6 is 11.8 Å². The second-order valence-electron chi connectivity index (χ2n) is 4.56. The number of rotatable bonds is 5. The van der Waals surface area contributed by atoms with E-state index in [9.17, 15) is 4.79 Å². The van der Waals surface area contributed by atoms with E-state index >= 15 is 0 Å². The van der Waals surface area contributed by atoms with Crippen molar-refractivity contribution in [1.29, 1.82) is 0 Å². The molecular weight excluding hydrogens is 260 g/mol. The summed E-state index contributed by atoms with van der Waals surface area (Å²) in [6.07, 6.45) is 0.183. The van der Waals surface area contributed by atoms with Gasteiger partial charge in [-0.15, -0.1) is 11.8 Å². The topological polar surface area (TPSA) is 61.7 Å². The van der Waals surface area contributed by atoms with Gasteiger partial charge in [0.05, 0.1) is 11.1 Å². The molecule has 1 amide bonds. The number of hydrogen-bond donors (Lipinski definition) is 2. The van der Waals surface area contributed by atoms with Crippen LogP contribution in [-0.4, -0.2) is 40.5 Å². The molecule has 4 nitrogen and oxygen atoms in total. The summed E-state index contributed by atoms with van der Waals surface area (Å²) in [5, 5.41) is 12.9. The fourth-order valence-electron chi connectivity index (χ4n) is 1.77. The molecule has 1 heterocycles. The predicted octanol–water partition coefficient (Wildman–Crippen LogP) is 1.44. The molecule has 0 aliphatic carbocycles. The SMILES string of the molecule is CC(O)CCNC(=O)C1CSC(c2ccccc2)=N1. The molecule has 2 rings (SSSR count). The van der Waals surface area contributed by atoms with E-state index < -0.39 is 0 Å². The van der Waals surface area contributed by atoms with E-state index in [0.29, 0.717) is 18.7 Å². The highest BCUT2D eigenvalue weighted by atomic mass is 32.2. The summed E-state index contributed by atoms with van der Waals surface area (Å²) < 4.78 is 0. The molecule has 0 saturated carbocycles. The van der Waals surface area contributed by atoms with E-state index in [1.54, 1.807) is 18.7 Å². The summed E-state index contributed by atoms with van der Waals surface area (Å²) >= 11 is 1.61. The number of benzene rings is 1. The van der Waals surface area contributed by atoms with Gasteiger partial charge in [0.25, 0.3) is 0 Å². The average molecular weight is 278 g/mol. The standard InChI is InChI=1S/C14H18N2O2S/c1-10(17)7-8-15-13(18)12-9-19-14(16-12)11-5-3-2-4-6-11/h2-6,10,12,17H,7-9H2,1H3,(H,15,18). The summed E-state index contributed by atoms with van der Waals surface area (Å²) in [5.41, 5.74) is 1.06. The van der Waals surface area contributed by atoms with Gasteiger partial charge in [-0.3, -0.25) is 9.79 Å². The molecule has 0 fully saturated rings. The van der Waals surface area contributed by atoms with Crippen LogP contribution in [0.4, 0.5) is 0 Å². The molecule has 1 aliphatic rings. The van der Waals surface area contributed by atoms with Crippen LogP contribution in [-0.2, 0) is 4.79 Å². The summed E-state index contributed by atoms with van der Waals surface area (Å²) in [7, 11) is 0. The Kier molecular flexibility index (Phi) is 4.99. The predicted molar refractivity (Wildman–Crippen MR) is 78.5 cm³/mol. The van der Waals surface area contributed by atoms with Crippen molar-refractivity contribution in [2.24, 2.45) is 4.99 Å². The molecule has 1 aromatic rings. The number of carbonyl (C=O) groups excluding carboxylic acids is 1. The van der Waals surface area contributed by atoms with Crippen LogP contribution in [0.1, 0.15) is 18.9 Å². The fourth-order valence-corrected chi connectivity index (χ4v) is 2.82. The van der Waals surface area contributed by atoms with Gasteiger partial charge in [-0.2, -0.15) is 0 Å². The first kappa shape index (κ1) is 14.1. The van der Waals surface area contributed by atoms with Crippen molar-refractivity contribution in [2.45, 2.75) is 25.5 Å². The number of hydrogen-bond acceptors (Lipinski definition) is 4. The second kappa shape index (κ2) is 6.73. The van der Waals surface area contributed by atoms with Gasteiger partial charge in [0.15, 0.2) is 0 Å². The van der Waals surface area contributed by atoms with E-state index in [-0.39, 0.29) is 18.1 Å². The molecule has 1 aromatic carbocycles. The van der Waals surface area contributed by atoms with Crippen molar-refractivity contribution < 1.29 is 9.90 Å². The van der Waals surface area contributed by atoms with Crippen LogP contribution in [0, 0.1) is 0 Å². The Morgan fingerprint density at radius 2 is 2.26 bits per heavy atom. The maximum Gasteiger partial charge on any atom is 0.245 e. The zero-order chi connectivity index (χ0) is 13.7. The largest absolute Gasteiger partial charge is 0.393 e. The van der Waals surface area contributed by atoms with Crippen LogP contribution < -0.4 is 5.32 Å². The highest BCUT2D eigenvalue weighted by Gasteiger charge is 2.25. The zero-order valence-electron chi connectivity index (χ0n) is 10.9. The summed E-state index contributed by atoms with van der Waals surface area (Å²) in [6, 6.07) is 9.58. The lowest BCUT2D eigenvalue weighted by Gasteiger charge is -2.08. The van der Waals surface area contributed by atoms with Gasteiger partial charge in [-0.05, 0) is 13.3 Å². The van der Waals surface area contributed by atoms with E-state index in [2.05, 4.69) is 10.3 Å². The van der Waals surface area contributed by atoms with Gasteiger partial charge < -0.3 is 10.4 Å². The third-order valence-electron chi connectivity index (χ3n) is 2.84. The molecule has 2 N–H and O–H groups in total. The summed E-state index contributed by atoms with van der Waals surface area (Å²) in [6.45, 7) is 2.21. The van der Waals surface area contributed by atoms with Crippen molar-refractivity contribution in [3.63, 3.8) is 0 Å². The zero-order valence-corrected chi connectivity index (χ0v) is 11.7. The minimum Gasteiger partial charge on any atom is -0.393 e. The third-order valence-corrected chi connectivity index (χ3v) is 3.93. The number of thioether (sulfide) groups is 1. The molecule has 0 radical (unpaired) electrons. The Morgan fingerprint density at radius 1 is 1.53 bits per heavy atom. The number of carbonyl (C=O) groups is 1. The Labute approximate surface area is 117 Å². The highest BCUT2D eigenvalue weighted by Crippen LogP contribution is 2.23. The van der Waals surface area contributed by atoms with E-state index in [4.69, 9.17) is 5.11 Å². The molecule has 2 unspecified atom stereocenters. The van der Waals surface area contributed by atoms with Gasteiger partial charge in [-0.25, -0.2) is 0 Å². The van der Waals surface area contributed by atoms with E-state index in [0.717, 1.165) is 10.6 Å². The molecule has 19 heavy (non-hydrogen) atoms. The molecule has 1 aliphatic heterocycles. The van der Waals surface area contributed by atoms with Gasteiger partial charge in [0, 0.05) is 17.9 Å². The van der Waals surface area contributed by atoms with Gasteiger partial charge >= 0.3 is 0 Å². The second-order valence-corrected chi connectivity index (χ2v) is 5.56. The van der Waals surface area contributed by atoms with Crippen LogP contribution in [0.3, 0.4) is 0 Å². The molecule has 0 bridgehead atoms. The minimum atomic E-state index is -0.387. The van der Waals surface area contributed by atoms with Crippen LogP contribution in [0.2, 0.25) is 0 Å². The quantitative estimate of drug-likeness (QED) is 0.856. The Morgan fingerprint density at radius 3 is 2.95 bits per heavy atom. The fraction of sp³-hybridized carbons (Fsp3) is 0.429. The number of aliphatic imine (C=N–C) groups is 1. The first-order chi connectivity index (χ1) is 9.16. The molecule has 0 aromatic heterocycles. The van der Waals surface area contributed by atoms with E-state index in [1.165, 1.54) is 0 Å². The molecular formula is C14H18N2O2S. The highest BCUT2D eigenvalue weighted by molar-refractivity contribution is 8.14. The number of aliphatic hydroxyl groups is 1. The smallest absolute Gasteiger partial charge is 0.245 e. The minimum absolute atomic E-state index is 0.0564. The first-order valence-corrected chi connectivity index (χ1v) is 7.37. The van der Waals surface area contributed by atoms with Crippen LogP contribution in [0.5, 0.6) is 0 Å². The number of nitrogens with zero attached hydrogens (tertiary/aromatic N) is 1. The third kappa shape index (κ3) is 4.08. The average Bonchev–Trinajstić information content (AvgIpc) is 2.89. The number of amides is 1. The number of aliphatic hydroxyl groups excluding tert-OH is 1. The monoisotopic (exact) mass is 278 g/mol. The van der Waals surface area contributed by atoms with Crippen molar-refractivity contribution in [1.82, 2.24) is 5.32 Å². The van der Waals surface area contributed by atoms with Gasteiger partial charge in [0.2, 0.25) is 5.91 Å². The molecule has 0 saturated heterocycles. The summed E-state index contributed by atoms with van der Waals surface area (Å²) in [4.78, 5) is 16.4. The molecule has 0 spiro atoms. The Bertz CT molecular complexity index is 460. The lowest BCUT2D eigenvalue weighted by Crippen LogP contribution is -2.35. The van der Waals surface area contributed by atoms with Crippen molar-refractivity contribution in [3.05, 3.63) is 35.9 Å².